The van der Waals surface area contributed by atoms with Gasteiger partial charge in [-0.2, -0.15) is 0 Å². The number of oxazole rings is 1. The van der Waals surface area contributed by atoms with Crippen LogP contribution in [0.4, 0.5) is 0 Å². The van der Waals surface area contributed by atoms with Gasteiger partial charge >= 0.3 is 5.97 Å². The van der Waals surface area contributed by atoms with Gasteiger partial charge in [-0.15, -0.1) is 0 Å². The van der Waals surface area contributed by atoms with Crippen LogP contribution >= 0.6 is 0 Å². The summed E-state index contributed by atoms with van der Waals surface area (Å²) in [5, 5.41) is 13.7. The first-order valence-corrected chi connectivity index (χ1v) is 12.8. The third-order valence-electron chi connectivity index (χ3n) is 5.64. The number of aromatic nitrogens is 1. The summed E-state index contributed by atoms with van der Waals surface area (Å²) in [6, 6.07) is 18.4. The lowest BCUT2D eigenvalue weighted by atomic mass is 10.2. The number of ether oxygens (including phenoxy) is 1. The molecule has 1 amide bonds. The summed E-state index contributed by atoms with van der Waals surface area (Å²) in [6.07, 6.45) is 1.40. The fourth-order valence-electron chi connectivity index (χ4n) is 4.03. The van der Waals surface area contributed by atoms with Crippen molar-refractivity contribution >= 4 is 30.6 Å². The third-order valence-corrected chi connectivity index (χ3v) is 10.6. The van der Waals surface area contributed by atoms with Crippen molar-refractivity contribution in [2.75, 3.05) is 13.7 Å². The minimum Gasteiger partial charge on any atom is -0.467 e. The van der Waals surface area contributed by atoms with Crippen LogP contribution in [0, 0.1) is 0 Å². The van der Waals surface area contributed by atoms with Crippen LogP contribution in [-0.2, 0) is 18.8 Å². The molecule has 3 rings (SSSR count). The number of hydrogen-bond donors (Lipinski definition) is 2. The lowest BCUT2D eigenvalue weighted by molar-refractivity contribution is -0.147. The molecule has 2 atom stereocenters. The van der Waals surface area contributed by atoms with Crippen molar-refractivity contribution in [3.63, 3.8) is 0 Å². The SMILES string of the molecule is COC(=O)[C@H](CO)NC(=O)[C@@H](O[Si](c1ccccc1)(c1ccccc1)C(C)(C)C)c1cnco1. The molecule has 1 aromatic heterocycles. The van der Waals surface area contributed by atoms with Gasteiger partial charge < -0.3 is 24.0 Å². The van der Waals surface area contributed by atoms with E-state index in [4.69, 9.17) is 8.84 Å². The molecule has 0 saturated carbocycles. The Kier molecular flexibility index (Phi) is 8.03. The zero-order valence-electron chi connectivity index (χ0n) is 19.7. The second kappa shape index (κ2) is 10.8. The Labute approximate surface area is 200 Å². The number of amides is 1. The third kappa shape index (κ3) is 5.11. The summed E-state index contributed by atoms with van der Waals surface area (Å²) in [6.45, 7) is 5.62. The monoisotopic (exact) mass is 482 g/mol. The van der Waals surface area contributed by atoms with E-state index in [2.05, 4.69) is 35.8 Å². The summed E-state index contributed by atoms with van der Waals surface area (Å²) in [5.41, 5.74) is 0. The standard InChI is InChI=1S/C25H30N2O6Si/c1-25(2,3)34(18-11-7-5-8-12-18,19-13-9-6-10-14-19)33-22(21-15-26-17-32-21)23(29)27-20(16-28)24(30)31-4/h5-15,17,20,22,28H,16H2,1-4H3,(H,27,29)/t20-,22-/m0/s1. The highest BCUT2D eigenvalue weighted by atomic mass is 28.4. The number of hydrogen-bond acceptors (Lipinski definition) is 7. The minimum absolute atomic E-state index is 0.187. The van der Waals surface area contributed by atoms with Crippen LogP contribution in [0.2, 0.25) is 5.04 Å². The van der Waals surface area contributed by atoms with Crippen LogP contribution in [0.1, 0.15) is 32.6 Å². The molecule has 0 fully saturated rings. The molecule has 180 valence electrons. The van der Waals surface area contributed by atoms with Crippen molar-refractivity contribution in [3.8, 4) is 0 Å². The number of carbonyl (C=O) groups is 2. The smallest absolute Gasteiger partial charge is 0.330 e. The van der Waals surface area contributed by atoms with E-state index in [1.165, 1.54) is 19.7 Å². The van der Waals surface area contributed by atoms with Crippen molar-refractivity contribution < 1.29 is 28.3 Å². The Morgan fingerprint density at radius 1 is 1.06 bits per heavy atom. The van der Waals surface area contributed by atoms with Gasteiger partial charge in [-0.3, -0.25) is 4.79 Å². The molecule has 0 aliphatic heterocycles. The van der Waals surface area contributed by atoms with Gasteiger partial charge in [0.25, 0.3) is 14.2 Å². The lowest BCUT2D eigenvalue weighted by Gasteiger charge is -2.44. The maximum Gasteiger partial charge on any atom is 0.330 e. The van der Waals surface area contributed by atoms with E-state index in [-0.39, 0.29) is 5.76 Å². The van der Waals surface area contributed by atoms with Crippen molar-refractivity contribution in [2.45, 2.75) is 38.0 Å². The van der Waals surface area contributed by atoms with Gasteiger partial charge in [-0.05, 0) is 15.4 Å². The second-order valence-electron chi connectivity index (χ2n) is 8.83. The highest BCUT2D eigenvalue weighted by molar-refractivity contribution is 6.99. The van der Waals surface area contributed by atoms with Gasteiger partial charge in [0.05, 0.1) is 19.9 Å². The highest BCUT2D eigenvalue weighted by Gasteiger charge is 2.53. The maximum absolute atomic E-state index is 13.5. The van der Waals surface area contributed by atoms with Gasteiger partial charge in [0.15, 0.2) is 24.3 Å². The van der Waals surface area contributed by atoms with Gasteiger partial charge in [0, 0.05) is 0 Å². The quantitative estimate of drug-likeness (QED) is 0.354. The molecule has 8 nitrogen and oxygen atoms in total. The Hall–Kier alpha value is -3.27. The van der Waals surface area contributed by atoms with Crippen LogP contribution in [0.25, 0.3) is 0 Å². The van der Waals surface area contributed by atoms with Crippen LogP contribution < -0.4 is 15.7 Å². The number of methoxy groups -OCH3 is 1. The van der Waals surface area contributed by atoms with Crippen LogP contribution in [0.15, 0.2) is 77.7 Å². The summed E-state index contributed by atoms with van der Waals surface area (Å²) in [7, 11) is -1.97. The van der Waals surface area contributed by atoms with E-state index in [1.54, 1.807) is 0 Å². The Balaban J connectivity index is 2.16. The number of aliphatic hydroxyl groups excluding tert-OH is 1. The number of esters is 1. The molecule has 2 N–H and O–H groups in total. The van der Waals surface area contributed by atoms with E-state index >= 15 is 0 Å². The van der Waals surface area contributed by atoms with Gasteiger partial charge in [0.1, 0.15) is 0 Å². The summed E-state index contributed by atoms with van der Waals surface area (Å²) < 4.78 is 17.1. The number of rotatable bonds is 9. The van der Waals surface area contributed by atoms with E-state index in [1.807, 2.05) is 60.7 Å². The second-order valence-corrected chi connectivity index (χ2v) is 13.1. The molecule has 0 bridgehead atoms. The first-order chi connectivity index (χ1) is 16.2. The average molecular weight is 483 g/mol. The normalized spacial score (nSPS) is 13.7. The van der Waals surface area contributed by atoms with E-state index in [0.29, 0.717) is 0 Å². The topological polar surface area (TPSA) is 111 Å². The summed E-state index contributed by atoms with van der Waals surface area (Å²) in [4.78, 5) is 29.4. The number of nitrogens with one attached hydrogen (secondary N) is 1. The Morgan fingerprint density at radius 2 is 1.62 bits per heavy atom. The Morgan fingerprint density at radius 3 is 2.03 bits per heavy atom. The van der Waals surface area contributed by atoms with Gasteiger partial charge in [0.2, 0.25) is 0 Å². The zero-order valence-corrected chi connectivity index (χ0v) is 20.7. The van der Waals surface area contributed by atoms with E-state index in [0.717, 1.165) is 10.4 Å². The summed E-state index contributed by atoms with van der Waals surface area (Å²) >= 11 is 0. The van der Waals surface area contributed by atoms with Crippen molar-refractivity contribution in [2.24, 2.45) is 0 Å². The molecule has 9 heteroatoms. The molecular formula is C25H30N2O6Si. The predicted octanol–water partition coefficient (Wildman–Crippen LogP) is 1.94. The molecule has 3 aromatic rings. The first-order valence-electron chi connectivity index (χ1n) is 10.9. The fraction of sp³-hybridized carbons (Fsp3) is 0.320. The van der Waals surface area contributed by atoms with Crippen molar-refractivity contribution in [1.29, 1.82) is 0 Å². The molecule has 0 unspecified atom stereocenters. The van der Waals surface area contributed by atoms with Crippen molar-refractivity contribution in [3.05, 3.63) is 79.0 Å². The maximum atomic E-state index is 13.5. The lowest BCUT2D eigenvalue weighted by Crippen LogP contribution is -2.67. The molecular weight excluding hydrogens is 452 g/mol. The first kappa shape index (κ1) is 25.4. The van der Waals surface area contributed by atoms with Gasteiger partial charge in [-0.25, -0.2) is 9.78 Å². The molecule has 0 aliphatic carbocycles. The minimum atomic E-state index is -3.16. The van der Waals surface area contributed by atoms with Crippen LogP contribution in [0.5, 0.6) is 0 Å². The Bertz CT molecular complexity index is 1030. The zero-order chi connectivity index (χ0) is 24.8. The predicted molar refractivity (Wildman–Crippen MR) is 129 cm³/mol. The number of carbonyl (C=O) groups excluding carboxylic acids is 2. The fourth-order valence-corrected chi connectivity index (χ4v) is 8.62. The van der Waals surface area contributed by atoms with Crippen LogP contribution in [-0.4, -0.2) is 50.0 Å². The highest BCUT2D eigenvalue weighted by Crippen LogP contribution is 2.40. The molecule has 0 saturated heterocycles. The number of aliphatic hydroxyl groups is 1. The average Bonchev–Trinajstić information content (AvgIpc) is 3.37. The number of nitrogens with zero attached hydrogens (tertiary/aromatic N) is 1. The molecule has 34 heavy (non-hydrogen) atoms. The molecule has 0 aliphatic rings. The summed E-state index contributed by atoms with van der Waals surface area (Å²) in [5.74, 6) is -1.22. The van der Waals surface area contributed by atoms with Gasteiger partial charge in [-0.1, -0.05) is 81.4 Å². The van der Waals surface area contributed by atoms with E-state index in [9.17, 15) is 14.7 Å². The van der Waals surface area contributed by atoms with E-state index < -0.39 is 44.0 Å². The molecule has 0 radical (unpaired) electrons. The van der Waals surface area contributed by atoms with Crippen molar-refractivity contribution in [1.82, 2.24) is 10.3 Å². The molecule has 2 aromatic carbocycles. The van der Waals surface area contributed by atoms with Crippen LogP contribution in [0.3, 0.4) is 0 Å². The molecule has 0 spiro atoms. The molecule has 1 heterocycles. The number of benzene rings is 2. The largest absolute Gasteiger partial charge is 0.467 e.